The molecule has 1 saturated heterocycles. The number of nitrogens with zero attached hydrogens (tertiary/aromatic N) is 5. The van der Waals surface area contributed by atoms with Gasteiger partial charge in [0.2, 0.25) is 0 Å². The molecular formula is C23H24FN5O2. The number of imidazole rings is 1. The van der Waals surface area contributed by atoms with Crippen molar-refractivity contribution in [1.29, 1.82) is 0 Å². The van der Waals surface area contributed by atoms with Crippen LogP contribution in [-0.4, -0.2) is 43.6 Å². The highest BCUT2D eigenvalue weighted by Gasteiger charge is 2.27. The first-order valence-electron chi connectivity index (χ1n) is 11.0. The van der Waals surface area contributed by atoms with Gasteiger partial charge in [0.25, 0.3) is 0 Å². The molecule has 1 aliphatic carbocycles. The highest BCUT2D eigenvalue weighted by Crippen LogP contribution is 2.39. The standard InChI is InChI=1S/C23H24FN5O2/c24-17-3-4-18-20(13-17)31-26-22(18)16-5-8-27(9-6-16)11-12-28-10-7-21-25-19(15-1-2-15)14-29(21)23(28)30/h3-4,7,10,13-16H,1-2,5-6,8-9,11-12H2. The van der Waals surface area contributed by atoms with Crippen molar-refractivity contribution in [1.82, 2.24) is 24.0 Å². The van der Waals surface area contributed by atoms with Crippen LogP contribution in [0.3, 0.4) is 0 Å². The molecule has 1 aromatic carbocycles. The van der Waals surface area contributed by atoms with E-state index in [1.54, 1.807) is 15.0 Å². The van der Waals surface area contributed by atoms with E-state index in [1.807, 2.05) is 18.5 Å². The number of aromatic nitrogens is 4. The summed E-state index contributed by atoms with van der Waals surface area (Å²) >= 11 is 0. The summed E-state index contributed by atoms with van der Waals surface area (Å²) in [5.41, 5.74) is 3.20. The maximum atomic E-state index is 13.4. The van der Waals surface area contributed by atoms with Gasteiger partial charge in [-0.25, -0.2) is 14.2 Å². The Hall–Kier alpha value is -3.00. The summed E-state index contributed by atoms with van der Waals surface area (Å²) in [6.45, 7) is 3.36. The van der Waals surface area contributed by atoms with Gasteiger partial charge in [-0.15, -0.1) is 0 Å². The zero-order valence-corrected chi connectivity index (χ0v) is 17.2. The number of likely N-dealkylation sites (tertiary alicyclic amines) is 1. The lowest BCUT2D eigenvalue weighted by atomic mass is 9.91. The molecule has 4 aromatic rings. The van der Waals surface area contributed by atoms with Gasteiger partial charge in [0, 0.05) is 48.8 Å². The lowest BCUT2D eigenvalue weighted by molar-refractivity contribution is 0.201. The second kappa shape index (κ2) is 7.30. The lowest BCUT2D eigenvalue weighted by Crippen LogP contribution is -2.37. The fraction of sp³-hybridized carbons (Fsp3) is 0.435. The minimum absolute atomic E-state index is 0.0203. The predicted molar refractivity (Wildman–Crippen MR) is 114 cm³/mol. The van der Waals surface area contributed by atoms with Gasteiger partial charge < -0.3 is 9.42 Å². The van der Waals surface area contributed by atoms with Crippen molar-refractivity contribution in [3.8, 4) is 0 Å². The third kappa shape index (κ3) is 3.44. The van der Waals surface area contributed by atoms with Crippen LogP contribution in [-0.2, 0) is 6.54 Å². The normalized spacial score (nSPS) is 18.4. The third-order valence-corrected chi connectivity index (χ3v) is 6.70. The summed E-state index contributed by atoms with van der Waals surface area (Å²) in [6, 6.07) is 6.54. The Bertz CT molecular complexity index is 1310. The van der Waals surface area contributed by atoms with Crippen LogP contribution in [0.2, 0.25) is 0 Å². The molecule has 0 unspecified atom stereocenters. The molecule has 1 saturated carbocycles. The highest BCUT2D eigenvalue weighted by molar-refractivity contribution is 5.79. The molecule has 31 heavy (non-hydrogen) atoms. The van der Waals surface area contributed by atoms with E-state index in [0.717, 1.165) is 54.9 Å². The first-order valence-corrected chi connectivity index (χ1v) is 11.0. The van der Waals surface area contributed by atoms with Crippen molar-refractivity contribution in [2.24, 2.45) is 0 Å². The van der Waals surface area contributed by atoms with Crippen LogP contribution in [0.25, 0.3) is 16.6 Å². The monoisotopic (exact) mass is 421 g/mol. The zero-order chi connectivity index (χ0) is 20.9. The molecule has 160 valence electrons. The number of benzene rings is 1. The van der Waals surface area contributed by atoms with Crippen LogP contribution in [0.4, 0.5) is 4.39 Å². The largest absolute Gasteiger partial charge is 0.356 e. The summed E-state index contributed by atoms with van der Waals surface area (Å²) < 4.78 is 22.2. The molecule has 0 bridgehead atoms. The first kappa shape index (κ1) is 18.7. The second-order valence-electron chi connectivity index (χ2n) is 8.78. The third-order valence-electron chi connectivity index (χ3n) is 6.70. The van der Waals surface area contributed by atoms with E-state index in [-0.39, 0.29) is 11.5 Å². The van der Waals surface area contributed by atoms with E-state index in [0.29, 0.717) is 24.0 Å². The topological polar surface area (TPSA) is 68.6 Å². The van der Waals surface area contributed by atoms with Gasteiger partial charge in [-0.2, -0.15) is 0 Å². The van der Waals surface area contributed by atoms with Crippen LogP contribution >= 0.6 is 0 Å². The fourth-order valence-electron chi connectivity index (χ4n) is 4.69. The average molecular weight is 421 g/mol. The van der Waals surface area contributed by atoms with Crippen LogP contribution in [0, 0.1) is 5.82 Å². The van der Waals surface area contributed by atoms with Gasteiger partial charge in [0.1, 0.15) is 11.5 Å². The Balaban J connectivity index is 1.10. The van der Waals surface area contributed by atoms with Gasteiger partial charge in [0.05, 0.1) is 11.4 Å². The molecule has 0 radical (unpaired) electrons. The Labute approximate surface area is 178 Å². The smallest absolute Gasteiger partial charge is 0.333 e. The van der Waals surface area contributed by atoms with Crippen LogP contribution in [0.1, 0.15) is 48.9 Å². The van der Waals surface area contributed by atoms with E-state index in [1.165, 1.54) is 25.0 Å². The molecule has 3 aromatic heterocycles. The number of hydrogen-bond acceptors (Lipinski definition) is 5. The Morgan fingerprint density at radius 1 is 1.06 bits per heavy atom. The molecule has 4 heterocycles. The maximum absolute atomic E-state index is 13.4. The molecule has 0 atom stereocenters. The molecule has 8 heteroatoms. The van der Waals surface area contributed by atoms with Gasteiger partial charge in [0.15, 0.2) is 5.58 Å². The molecule has 0 amide bonds. The van der Waals surface area contributed by atoms with Crippen LogP contribution in [0.5, 0.6) is 0 Å². The molecule has 0 spiro atoms. The summed E-state index contributed by atoms with van der Waals surface area (Å²) in [5.74, 6) is 0.543. The molecule has 2 aliphatic rings. The minimum Gasteiger partial charge on any atom is -0.356 e. The van der Waals surface area contributed by atoms with E-state index >= 15 is 0 Å². The Morgan fingerprint density at radius 2 is 1.90 bits per heavy atom. The summed E-state index contributed by atoms with van der Waals surface area (Å²) in [5, 5.41) is 5.13. The Kier molecular flexibility index (Phi) is 4.41. The first-order chi connectivity index (χ1) is 15.2. The van der Waals surface area contributed by atoms with E-state index in [2.05, 4.69) is 15.0 Å². The molecule has 0 N–H and O–H groups in total. The molecule has 6 rings (SSSR count). The van der Waals surface area contributed by atoms with E-state index in [9.17, 15) is 9.18 Å². The summed E-state index contributed by atoms with van der Waals surface area (Å²) in [6.07, 6.45) is 8.06. The van der Waals surface area contributed by atoms with Crippen molar-refractivity contribution >= 4 is 16.6 Å². The van der Waals surface area contributed by atoms with E-state index in [4.69, 9.17) is 4.52 Å². The van der Waals surface area contributed by atoms with E-state index < -0.39 is 0 Å². The van der Waals surface area contributed by atoms with Crippen molar-refractivity contribution in [3.63, 3.8) is 0 Å². The van der Waals surface area contributed by atoms with Crippen LogP contribution < -0.4 is 5.69 Å². The SMILES string of the molecule is O=c1n(CCN2CCC(c3noc4cc(F)ccc34)CC2)ccc2nc(C3CC3)cn12. The van der Waals surface area contributed by atoms with Crippen molar-refractivity contribution in [2.45, 2.75) is 44.1 Å². The number of hydrogen-bond donors (Lipinski definition) is 0. The highest BCUT2D eigenvalue weighted by atomic mass is 19.1. The average Bonchev–Trinajstić information content (AvgIpc) is 3.40. The molecule has 7 nitrogen and oxygen atoms in total. The second-order valence-corrected chi connectivity index (χ2v) is 8.78. The van der Waals surface area contributed by atoms with Gasteiger partial charge in [-0.1, -0.05) is 5.16 Å². The quantitative estimate of drug-likeness (QED) is 0.493. The molecular weight excluding hydrogens is 397 g/mol. The predicted octanol–water partition coefficient (Wildman–Crippen LogP) is 3.53. The number of piperidine rings is 1. The molecule has 1 aliphatic heterocycles. The van der Waals surface area contributed by atoms with Gasteiger partial charge in [-0.05, 0) is 57.0 Å². The van der Waals surface area contributed by atoms with Crippen molar-refractivity contribution < 1.29 is 8.91 Å². The van der Waals surface area contributed by atoms with Crippen LogP contribution in [0.15, 0.2) is 46.0 Å². The number of fused-ring (bicyclic) bond motifs is 2. The van der Waals surface area contributed by atoms with Gasteiger partial charge in [-0.3, -0.25) is 8.97 Å². The number of halogens is 1. The Morgan fingerprint density at radius 3 is 2.71 bits per heavy atom. The summed E-state index contributed by atoms with van der Waals surface area (Å²) in [7, 11) is 0. The number of rotatable bonds is 5. The molecule has 2 fully saturated rings. The minimum atomic E-state index is -0.307. The van der Waals surface area contributed by atoms with Crippen molar-refractivity contribution in [2.75, 3.05) is 19.6 Å². The fourth-order valence-corrected chi connectivity index (χ4v) is 4.69. The summed E-state index contributed by atoms with van der Waals surface area (Å²) in [4.78, 5) is 19.8. The van der Waals surface area contributed by atoms with Crippen molar-refractivity contribution in [3.05, 3.63) is 64.3 Å². The maximum Gasteiger partial charge on any atom is 0.333 e. The van der Waals surface area contributed by atoms with Gasteiger partial charge >= 0.3 is 5.69 Å². The zero-order valence-electron chi connectivity index (χ0n) is 17.2. The lowest BCUT2D eigenvalue weighted by Gasteiger charge is -2.31.